The summed E-state index contributed by atoms with van der Waals surface area (Å²) in [5, 5.41) is 12.9. The van der Waals surface area contributed by atoms with Crippen molar-refractivity contribution in [1.29, 1.82) is 0 Å². The van der Waals surface area contributed by atoms with E-state index < -0.39 is 11.5 Å². The molecule has 2 unspecified atom stereocenters. The maximum Gasteiger partial charge on any atom is 0.324 e. The topological polar surface area (TPSA) is 58.6 Å². The van der Waals surface area contributed by atoms with Gasteiger partial charge in [-0.25, -0.2) is 0 Å². The summed E-state index contributed by atoms with van der Waals surface area (Å²) in [6.07, 6.45) is 6.70. The number of nitrogens with one attached hydrogen (secondary N) is 1. The van der Waals surface area contributed by atoms with Gasteiger partial charge in [0, 0.05) is 19.1 Å². The molecule has 0 spiro atoms. The zero-order chi connectivity index (χ0) is 13.9. The Bertz CT molecular complexity index is 315. The van der Waals surface area contributed by atoms with Crippen LogP contribution in [0.15, 0.2) is 0 Å². The molecule has 4 heteroatoms. The first-order valence-electron chi connectivity index (χ1n) is 7.64. The molecule has 0 aromatic rings. The fraction of sp³-hybridized carbons (Fsp3) is 0.933. The lowest BCUT2D eigenvalue weighted by Gasteiger charge is -2.38. The molecule has 2 N–H and O–H groups in total. The number of rotatable bonds is 7. The van der Waals surface area contributed by atoms with Crippen molar-refractivity contribution in [3.63, 3.8) is 0 Å². The van der Waals surface area contributed by atoms with Gasteiger partial charge in [-0.2, -0.15) is 0 Å². The van der Waals surface area contributed by atoms with E-state index in [-0.39, 0.29) is 6.10 Å². The van der Waals surface area contributed by atoms with Gasteiger partial charge >= 0.3 is 5.97 Å². The third-order valence-corrected chi connectivity index (χ3v) is 4.22. The van der Waals surface area contributed by atoms with Crippen LogP contribution in [0.4, 0.5) is 0 Å². The van der Waals surface area contributed by atoms with E-state index in [4.69, 9.17) is 4.74 Å². The molecule has 0 saturated heterocycles. The lowest BCUT2D eigenvalue weighted by atomic mass is 9.80. The van der Waals surface area contributed by atoms with Crippen LogP contribution in [0.1, 0.15) is 58.8 Å². The molecular formula is C15H27NO3. The Labute approximate surface area is 115 Å². The number of hydrogen-bond donors (Lipinski definition) is 2. The smallest absolute Gasteiger partial charge is 0.324 e. The van der Waals surface area contributed by atoms with Gasteiger partial charge < -0.3 is 9.84 Å². The molecule has 0 aromatic heterocycles. The second kappa shape index (κ2) is 6.23. The van der Waals surface area contributed by atoms with Crippen LogP contribution in [0, 0.1) is 5.92 Å². The fourth-order valence-electron chi connectivity index (χ4n) is 2.84. The number of carbonyl (C=O) groups is 1. The van der Waals surface area contributed by atoms with Crippen molar-refractivity contribution < 1.29 is 14.6 Å². The molecule has 2 fully saturated rings. The van der Waals surface area contributed by atoms with Gasteiger partial charge in [0.05, 0.1) is 6.10 Å². The van der Waals surface area contributed by atoms with Gasteiger partial charge in [-0.15, -0.1) is 0 Å². The molecule has 2 aliphatic rings. The lowest BCUT2D eigenvalue weighted by molar-refractivity contribution is -0.149. The van der Waals surface area contributed by atoms with Crippen LogP contribution >= 0.6 is 0 Å². The van der Waals surface area contributed by atoms with E-state index in [1.165, 1.54) is 0 Å². The minimum absolute atomic E-state index is 0.106. The van der Waals surface area contributed by atoms with E-state index >= 15 is 0 Å². The van der Waals surface area contributed by atoms with Crippen LogP contribution in [0.2, 0.25) is 0 Å². The molecule has 0 bridgehead atoms. The maximum absolute atomic E-state index is 11.6. The van der Waals surface area contributed by atoms with Crippen molar-refractivity contribution in [3.05, 3.63) is 0 Å². The van der Waals surface area contributed by atoms with Gasteiger partial charge in [-0.05, 0) is 44.4 Å². The first-order chi connectivity index (χ1) is 9.02. The third-order valence-electron chi connectivity index (χ3n) is 4.22. The third kappa shape index (κ3) is 4.18. The summed E-state index contributed by atoms with van der Waals surface area (Å²) in [6, 6.07) is 0.422. The van der Waals surface area contributed by atoms with Crippen LogP contribution in [0.3, 0.4) is 0 Å². The molecule has 0 aromatic carbocycles. The van der Waals surface area contributed by atoms with Gasteiger partial charge in [0.15, 0.2) is 0 Å². The van der Waals surface area contributed by atoms with Crippen LogP contribution in [-0.2, 0) is 9.53 Å². The van der Waals surface area contributed by atoms with Crippen molar-refractivity contribution in [2.75, 3.05) is 6.61 Å². The Kier molecular flexibility index (Phi) is 4.85. The molecule has 0 aliphatic heterocycles. The average molecular weight is 269 g/mol. The molecule has 110 valence electrons. The van der Waals surface area contributed by atoms with Gasteiger partial charge in [0.2, 0.25) is 0 Å². The van der Waals surface area contributed by atoms with Crippen molar-refractivity contribution in [1.82, 2.24) is 5.32 Å². The molecule has 2 saturated carbocycles. The lowest BCUT2D eigenvalue weighted by Crippen LogP contribution is -2.57. The summed E-state index contributed by atoms with van der Waals surface area (Å²) in [7, 11) is 0. The molecule has 4 nitrogen and oxygen atoms in total. The first kappa shape index (κ1) is 14.8. The summed E-state index contributed by atoms with van der Waals surface area (Å²) < 4.78 is 5.90. The van der Waals surface area contributed by atoms with Crippen LogP contribution < -0.4 is 5.32 Å². The van der Waals surface area contributed by atoms with Crippen molar-refractivity contribution in [3.8, 4) is 0 Å². The Hall–Kier alpha value is -0.610. The number of carboxylic acids is 1. The van der Waals surface area contributed by atoms with Crippen molar-refractivity contribution in [2.24, 2.45) is 5.92 Å². The highest BCUT2D eigenvalue weighted by atomic mass is 16.5. The minimum atomic E-state index is -0.734. The van der Waals surface area contributed by atoms with Gasteiger partial charge in [-0.3, -0.25) is 10.1 Å². The predicted molar refractivity (Wildman–Crippen MR) is 74.2 cm³/mol. The molecule has 19 heavy (non-hydrogen) atoms. The summed E-state index contributed by atoms with van der Waals surface area (Å²) in [4.78, 5) is 11.6. The monoisotopic (exact) mass is 269 g/mol. The van der Waals surface area contributed by atoms with Crippen molar-refractivity contribution >= 4 is 5.97 Å². The van der Waals surface area contributed by atoms with E-state index in [1.807, 2.05) is 0 Å². The molecule has 2 aliphatic carbocycles. The summed E-state index contributed by atoms with van der Waals surface area (Å²) >= 11 is 0. The average Bonchev–Trinajstić information content (AvgIpc) is 3.12. The normalized spacial score (nSPS) is 31.6. The molecule has 2 rings (SSSR count). The maximum atomic E-state index is 11.6. The van der Waals surface area contributed by atoms with Crippen molar-refractivity contribution in [2.45, 2.75) is 76.5 Å². The van der Waals surface area contributed by atoms with E-state index in [1.54, 1.807) is 0 Å². The Balaban J connectivity index is 1.87. The number of aliphatic carboxylic acids is 1. The molecule has 0 heterocycles. The Morgan fingerprint density at radius 1 is 1.42 bits per heavy atom. The van der Waals surface area contributed by atoms with Crippen LogP contribution in [0.5, 0.6) is 0 Å². The SMILES string of the molecule is CC(C)CCOC1CCCC(NC2CC2)(C(=O)O)C1. The summed E-state index contributed by atoms with van der Waals surface area (Å²) in [5.74, 6) is -0.0611. The number of ether oxygens (including phenoxy) is 1. The van der Waals surface area contributed by atoms with Gasteiger partial charge in [0.25, 0.3) is 0 Å². The van der Waals surface area contributed by atoms with Crippen LogP contribution in [-0.4, -0.2) is 35.4 Å². The van der Waals surface area contributed by atoms with Crippen LogP contribution in [0.25, 0.3) is 0 Å². The van der Waals surface area contributed by atoms with Gasteiger partial charge in [-0.1, -0.05) is 13.8 Å². The summed E-state index contributed by atoms with van der Waals surface area (Å²) in [5.41, 5.74) is -0.734. The second-order valence-corrected chi connectivity index (χ2v) is 6.58. The highest BCUT2D eigenvalue weighted by Gasteiger charge is 2.46. The molecule has 2 atom stereocenters. The van der Waals surface area contributed by atoms with E-state index in [9.17, 15) is 9.90 Å². The second-order valence-electron chi connectivity index (χ2n) is 6.58. The number of carboxylic acid groups (broad SMARTS) is 1. The standard InChI is InChI=1S/C15H27NO3/c1-11(2)7-9-19-13-4-3-8-15(10-13,14(17)18)16-12-5-6-12/h11-13,16H,3-10H2,1-2H3,(H,17,18). The fourth-order valence-corrected chi connectivity index (χ4v) is 2.84. The van der Waals surface area contributed by atoms with Gasteiger partial charge in [0.1, 0.15) is 5.54 Å². The number of hydrogen-bond acceptors (Lipinski definition) is 3. The highest BCUT2D eigenvalue weighted by molar-refractivity contribution is 5.79. The largest absolute Gasteiger partial charge is 0.480 e. The minimum Gasteiger partial charge on any atom is -0.480 e. The molecular weight excluding hydrogens is 242 g/mol. The highest BCUT2D eigenvalue weighted by Crippen LogP contribution is 2.34. The summed E-state index contributed by atoms with van der Waals surface area (Å²) in [6.45, 7) is 5.11. The zero-order valence-corrected chi connectivity index (χ0v) is 12.2. The zero-order valence-electron chi connectivity index (χ0n) is 12.2. The Morgan fingerprint density at radius 2 is 2.16 bits per heavy atom. The quantitative estimate of drug-likeness (QED) is 0.746. The van der Waals surface area contributed by atoms with E-state index in [2.05, 4.69) is 19.2 Å². The predicted octanol–water partition coefficient (Wildman–Crippen LogP) is 2.57. The first-order valence-corrected chi connectivity index (χ1v) is 7.64. The van der Waals surface area contributed by atoms with E-state index in [0.717, 1.165) is 45.1 Å². The molecule has 0 radical (unpaired) electrons. The Morgan fingerprint density at radius 3 is 2.74 bits per heavy atom. The van der Waals surface area contributed by atoms with E-state index in [0.29, 0.717) is 18.4 Å². The molecule has 0 amide bonds.